The lowest BCUT2D eigenvalue weighted by atomic mass is 10.1. The number of rotatable bonds is 8. The maximum absolute atomic E-state index is 11.7. The van der Waals surface area contributed by atoms with Crippen LogP contribution in [0.4, 0.5) is 0 Å². The lowest BCUT2D eigenvalue weighted by Crippen LogP contribution is -2.33. The molecule has 1 aliphatic heterocycles. The van der Waals surface area contributed by atoms with E-state index < -0.39 is 17.8 Å². The molecule has 1 unspecified atom stereocenters. The van der Waals surface area contributed by atoms with Crippen molar-refractivity contribution in [2.45, 2.75) is 37.4 Å². The van der Waals surface area contributed by atoms with Gasteiger partial charge in [-0.25, -0.2) is 4.79 Å². The Kier molecular flexibility index (Phi) is 6.84. The predicted molar refractivity (Wildman–Crippen MR) is 77.8 cm³/mol. The number of amides is 2. The van der Waals surface area contributed by atoms with Gasteiger partial charge in [0, 0.05) is 31.1 Å². The molecule has 1 heterocycles. The van der Waals surface area contributed by atoms with Gasteiger partial charge in [-0.2, -0.15) is 0 Å². The second-order valence-corrected chi connectivity index (χ2v) is 7.66. The molecule has 2 amide bonds. The normalized spacial score (nSPS) is 18.2. The Morgan fingerprint density at radius 3 is 2.45 bits per heavy atom. The van der Waals surface area contributed by atoms with Crippen molar-refractivity contribution in [1.29, 1.82) is 0 Å². The van der Waals surface area contributed by atoms with Gasteiger partial charge in [0.15, 0.2) is 0 Å². The molecule has 1 saturated heterocycles. The fraction of sp³-hybridized carbons (Fsp3) is 0.750. The second kappa shape index (κ2) is 7.90. The van der Waals surface area contributed by atoms with E-state index in [-0.39, 0.29) is 24.0 Å². The van der Waals surface area contributed by atoms with Crippen molar-refractivity contribution in [1.82, 2.24) is 5.06 Å². The molecule has 0 radical (unpaired) electrons. The first kappa shape index (κ1) is 17.3. The summed E-state index contributed by atoms with van der Waals surface area (Å²) in [6.45, 7) is 2.50. The molecule has 0 aromatic carbocycles. The SMILES string of the molecule is COCC(C)(CCC(=O)ON1C(=O)CCC1=O)SSC. The number of hydroxylamine groups is 2. The lowest BCUT2D eigenvalue weighted by Gasteiger charge is -2.26. The van der Waals surface area contributed by atoms with Gasteiger partial charge in [-0.05, 0) is 19.6 Å². The number of carbonyl (C=O) groups excluding carboxylic acids is 3. The third-order valence-corrected chi connectivity index (χ3v) is 5.39. The molecule has 1 rings (SSSR count). The maximum Gasteiger partial charge on any atom is 0.333 e. The highest BCUT2D eigenvalue weighted by atomic mass is 33.1. The molecule has 6 nitrogen and oxygen atoms in total. The number of nitrogens with zero attached hydrogens (tertiary/aromatic N) is 1. The van der Waals surface area contributed by atoms with Crippen LogP contribution in [-0.2, 0) is 24.0 Å². The molecule has 114 valence electrons. The summed E-state index contributed by atoms with van der Waals surface area (Å²) in [6.07, 6.45) is 2.84. The first-order valence-electron chi connectivity index (χ1n) is 6.19. The van der Waals surface area contributed by atoms with Crippen LogP contribution in [0.25, 0.3) is 0 Å². The number of carbonyl (C=O) groups is 3. The number of hydrogen-bond donors (Lipinski definition) is 0. The number of imide groups is 1. The van der Waals surface area contributed by atoms with Gasteiger partial charge in [-0.15, -0.1) is 5.06 Å². The topological polar surface area (TPSA) is 72.9 Å². The van der Waals surface area contributed by atoms with Crippen LogP contribution < -0.4 is 0 Å². The molecule has 0 aromatic rings. The predicted octanol–water partition coefficient (Wildman–Crippen LogP) is 1.79. The van der Waals surface area contributed by atoms with Gasteiger partial charge < -0.3 is 9.57 Å². The van der Waals surface area contributed by atoms with Crippen molar-refractivity contribution in [3.8, 4) is 0 Å². The first-order valence-corrected chi connectivity index (χ1v) is 8.75. The molecule has 0 aliphatic carbocycles. The van der Waals surface area contributed by atoms with Gasteiger partial charge in [0.05, 0.1) is 6.61 Å². The van der Waals surface area contributed by atoms with Gasteiger partial charge in [0.1, 0.15) is 0 Å². The van der Waals surface area contributed by atoms with Crippen LogP contribution in [0.3, 0.4) is 0 Å². The van der Waals surface area contributed by atoms with Crippen molar-refractivity contribution in [3.63, 3.8) is 0 Å². The highest BCUT2D eigenvalue weighted by molar-refractivity contribution is 8.77. The van der Waals surface area contributed by atoms with Gasteiger partial charge in [-0.1, -0.05) is 21.6 Å². The minimum absolute atomic E-state index is 0.107. The highest BCUT2D eigenvalue weighted by Crippen LogP contribution is 2.37. The average molecular weight is 321 g/mol. The van der Waals surface area contributed by atoms with Crippen molar-refractivity contribution < 1.29 is 24.0 Å². The van der Waals surface area contributed by atoms with Crippen LogP contribution in [-0.4, -0.2) is 47.6 Å². The molecule has 0 aromatic heterocycles. The van der Waals surface area contributed by atoms with Crippen molar-refractivity contribution in [2.75, 3.05) is 20.0 Å². The average Bonchev–Trinajstić information content (AvgIpc) is 2.69. The summed E-state index contributed by atoms with van der Waals surface area (Å²) in [6, 6.07) is 0. The Bertz CT molecular complexity index is 366. The summed E-state index contributed by atoms with van der Waals surface area (Å²) in [5.41, 5.74) is 0. The zero-order valence-corrected chi connectivity index (χ0v) is 13.5. The molecular weight excluding hydrogens is 302 g/mol. The molecular formula is C12H19NO5S2. The Morgan fingerprint density at radius 1 is 1.35 bits per heavy atom. The van der Waals surface area contributed by atoms with Crippen LogP contribution >= 0.6 is 21.6 Å². The van der Waals surface area contributed by atoms with Crippen LogP contribution in [0.15, 0.2) is 0 Å². The van der Waals surface area contributed by atoms with Crippen molar-refractivity contribution in [2.24, 2.45) is 0 Å². The fourth-order valence-corrected chi connectivity index (χ4v) is 4.17. The quantitative estimate of drug-likeness (QED) is 0.498. The Balaban J connectivity index is 2.45. The summed E-state index contributed by atoms with van der Waals surface area (Å²) < 4.78 is 4.94. The lowest BCUT2D eigenvalue weighted by molar-refractivity contribution is -0.197. The Morgan fingerprint density at radius 2 is 1.95 bits per heavy atom. The van der Waals surface area contributed by atoms with E-state index in [0.717, 1.165) is 0 Å². The summed E-state index contributed by atoms with van der Waals surface area (Å²) >= 11 is 0. The van der Waals surface area contributed by atoms with E-state index in [9.17, 15) is 14.4 Å². The molecule has 1 aliphatic rings. The molecule has 0 saturated carbocycles. The molecule has 20 heavy (non-hydrogen) atoms. The van der Waals surface area contributed by atoms with E-state index in [1.165, 1.54) is 0 Å². The minimum Gasteiger partial charge on any atom is -0.383 e. The molecule has 0 spiro atoms. The summed E-state index contributed by atoms with van der Waals surface area (Å²) in [4.78, 5) is 39.2. The zero-order chi connectivity index (χ0) is 15.2. The van der Waals surface area contributed by atoms with Crippen LogP contribution in [0.1, 0.15) is 32.6 Å². The van der Waals surface area contributed by atoms with E-state index in [2.05, 4.69) is 0 Å². The van der Waals surface area contributed by atoms with E-state index >= 15 is 0 Å². The highest BCUT2D eigenvalue weighted by Gasteiger charge is 2.33. The Labute approximate surface area is 126 Å². The fourth-order valence-electron chi connectivity index (χ4n) is 1.82. The van der Waals surface area contributed by atoms with E-state index in [0.29, 0.717) is 18.1 Å². The summed E-state index contributed by atoms with van der Waals surface area (Å²) in [7, 11) is 4.84. The molecule has 8 heteroatoms. The van der Waals surface area contributed by atoms with Gasteiger partial charge >= 0.3 is 5.97 Å². The molecule has 0 N–H and O–H groups in total. The first-order chi connectivity index (χ1) is 9.41. The summed E-state index contributed by atoms with van der Waals surface area (Å²) in [5, 5.41) is 0.581. The zero-order valence-electron chi connectivity index (χ0n) is 11.8. The largest absolute Gasteiger partial charge is 0.383 e. The van der Waals surface area contributed by atoms with Crippen LogP contribution in [0.2, 0.25) is 0 Å². The van der Waals surface area contributed by atoms with Crippen LogP contribution in [0, 0.1) is 0 Å². The van der Waals surface area contributed by atoms with Gasteiger partial charge in [0.2, 0.25) is 0 Å². The van der Waals surface area contributed by atoms with E-state index in [1.54, 1.807) is 28.7 Å². The third kappa shape index (κ3) is 4.99. The van der Waals surface area contributed by atoms with Gasteiger partial charge in [0.25, 0.3) is 11.8 Å². The summed E-state index contributed by atoms with van der Waals surface area (Å²) in [5.74, 6) is -1.49. The smallest absolute Gasteiger partial charge is 0.333 e. The molecule has 0 bridgehead atoms. The third-order valence-electron chi connectivity index (χ3n) is 2.79. The van der Waals surface area contributed by atoms with E-state index in [1.807, 2.05) is 13.2 Å². The number of hydrogen-bond acceptors (Lipinski definition) is 7. The van der Waals surface area contributed by atoms with Crippen molar-refractivity contribution in [3.05, 3.63) is 0 Å². The standard InChI is InChI=1S/C12H19NO5S2/c1-12(8-17-2,20-19-3)7-6-11(16)18-13-9(14)4-5-10(13)15/h4-8H2,1-3H3. The van der Waals surface area contributed by atoms with Crippen LogP contribution in [0.5, 0.6) is 0 Å². The maximum atomic E-state index is 11.7. The van der Waals surface area contributed by atoms with E-state index in [4.69, 9.17) is 9.57 Å². The Hall–Kier alpha value is -0.730. The monoisotopic (exact) mass is 321 g/mol. The van der Waals surface area contributed by atoms with Gasteiger partial charge in [-0.3, -0.25) is 9.59 Å². The second-order valence-electron chi connectivity index (χ2n) is 4.68. The van der Waals surface area contributed by atoms with Crippen molar-refractivity contribution >= 4 is 39.4 Å². The molecule has 1 atom stereocenters. The molecule has 1 fully saturated rings. The minimum atomic E-state index is -0.572. The number of methoxy groups -OCH3 is 1. The number of ether oxygens (including phenoxy) is 1.